The van der Waals surface area contributed by atoms with Crippen molar-refractivity contribution >= 4 is 56.8 Å². The Bertz CT molecular complexity index is 987. The second-order valence-electron chi connectivity index (χ2n) is 7.15. The molecule has 0 fully saturated rings. The van der Waals surface area contributed by atoms with Gasteiger partial charge in [0.15, 0.2) is 5.13 Å². The number of rotatable bonds is 7. The van der Waals surface area contributed by atoms with Crippen molar-refractivity contribution in [2.75, 3.05) is 37.8 Å². The molecule has 4 nitrogen and oxygen atoms in total. The van der Waals surface area contributed by atoms with E-state index in [2.05, 4.69) is 43.9 Å². The molecule has 0 aliphatic carbocycles. The van der Waals surface area contributed by atoms with Gasteiger partial charge in [-0.05, 0) is 69.1 Å². The second kappa shape index (κ2) is 10.4. The van der Waals surface area contributed by atoms with Gasteiger partial charge in [-0.15, -0.1) is 24.2 Å². The summed E-state index contributed by atoms with van der Waals surface area (Å²) in [4.78, 5) is 23.3. The number of thiazole rings is 1. The number of likely N-dealkylation sites (N-methyl/N-ethyl adjacent to an activating group) is 1. The van der Waals surface area contributed by atoms with Crippen LogP contribution in [0.3, 0.4) is 0 Å². The number of aryl methyl sites for hydroxylation is 2. The Hall–Kier alpha value is -1.60. The quantitative estimate of drug-likeness (QED) is 0.436. The smallest absolute Gasteiger partial charge is 0.260 e. The first kappa shape index (κ1) is 23.7. The van der Waals surface area contributed by atoms with Crippen molar-refractivity contribution in [3.05, 3.63) is 53.1 Å². The van der Waals surface area contributed by atoms with Crippen molar-refractivity contribution in [2.45, 2.75) is 25.7 Å². The number of halogens is 1. The summed E-state index contributed by atoms with van der Waals surface area (Å²) in [6, 6.07) is 12.2. The molecule has 3 rings (SSSR count). The molecule has 0 unspecified atom stereocenters. The van der Waals surface area contributed by atoms with Crippen LogP contribution in [0.5, 0.6) is 0 Å². The molecule has 1 amide bonds. The van der Waals surface area contributed by atoms with Gasteiger partial charge in [-0.1, -0.05) is 30.4 Å². The van der Waals surface area contributed by atoms with Gasteiger partial charge in [-0.2, -0.15) is 0 Å². The Labute approximate surface area is 187 Å². The number of nitrogens with zero attached hydrogens (tertiary/aromatic N) is 3. The molecule has 29 heavy (non-hydrogen) atoms. The molecule has 0 atom stereocenters. The minimum Gasteiger partial charge on any atom is -0.308 e. The molecule has 3 aromatic rings. The summed E-state index contributed by atoms with van der Waals surface area (Å²) in [5, 5.41) is 0.768. The van der Waals surface area contributed by atoms with Crippen LogP contribution in [0.2, 0.25) is 0 Å². The maximum atomic E-state index is 13.4. The lowest BCUT2D eigenvalue weighted by Crippen LogP contribution is -2.36. The minimum atomic E-state index is 0. The molecule has 7 heteroatoms. The molecule has 156 valence electrons. The topological polar surface area (TPSA) is 36.4 Å². The zero-order chi connectivity index (χ0) is 20.3. The molecule has 0 aliphatic rings. The Morgan fingerprint density at radius 1 is 1.14 bits per heavy atom. The number of amides is 1. The van der Waals surface area contributed by atoms with Gasteiger partial charge < -0.3 is 4.90 Å². The number of thioether (sulfide) groups is 1. The predicted octanol–water partition coefficient (Wildman–Crippen LogP) is 5.66. The fourth-order valence-corrected chi connectivity index (χ4v) is 4.98. The monoisotopic (exact) mass is 449 g/mol. The molecule has 0 aliphatic heterocycles. The molecular formula is C22H28ClN3OS2. The van der Waals surface area contributed by atoms with Crippen LogP contribution in [0, 0.1) is 13.8 Å². The molecular weight excluding hydrogens is 422 g/mol. The summed E-state index contributed by atoms with van der Waals surface area (Å²) in [5.74, 6) is 0.993. The lowest BCUT2D eigenvalue weighted by molar-refractivity contribution is 0.0985. The van der Waals surface area contributed by atoms with Crippen molar-refractivity contribution in [3.63, 3.8) is 0 Å². The summed E-state index contributed by atoms with van der Waals surface area (Å²) in [6.07, 6.45) is 0. The summed E-state index contributed by atoms with van der Waals surface area (Å²) in [7, 11) is 4.04. The van der Waals surface area contributed by atoms with Crippen LogP contribution < -0.4 is 4.90 Å². The molecule has 1 aromatic heterocycles. The predicted molar refractivity (Wildman–Crippen MR) is 129 cm³/mol. The van der Waals surface area contributed by atoms with E-state index in [1.807, 2.05) is 37.2 Å². The highest BCUT2D eigenvalue weighted by Gasteiger charge is 2.22. The van der Waals surface area contributed by atoms with Gasteiger partial charge in [0.1, 0.15) is 0 Å². The highest BCUT2D eigenvalue weighted by molar-refractivity contribution is 7.99. The van der Waals surface area contributed by atoms with Gasteiger partial charge in [0, 0.05) is 23.5 Å². The highest BCUT2D eigenvalue weighted by Crippen LogP contribution is 2.32. The molecule has 0 N–H and O–H groups in total. The second-order valence-corrected chi connectivity index (χ2v) is 9.49. The molecule has 0 bridgehead atoms. The fourth-order valence-electron chi connectivity index (χ4n) is 3.10. The average Bonchev–Trinajstić information content (AvgIpc) is 3.06. The van der Waals surface area contributed by atoms with Crippen LogP contribution in [-0.4, -0.2) is 48.7 Å². The van der Waals surface area contributed by atoms with Crippen LogP contribution in [-0.2, 0) is 0 Å². The van der Waals surface area contributed by atoms with Gasteiger partial charge in [-0.25, -0.2) is 4.98 Å². The number of carbonyl (C=O) groups is 1. The third-order valence-corrected chi connectivity index (χ3v) is 6.36. The summed E-state index contributed by atoms with van der Waals surface area (Å²) >= 11 is 3.34. The fraction of sp³-hybridized carbons (Fsp3) is 0.364. The number of benzene rings is 2. The van der Waals surface area contributed by atoms with Gasteiger partial charge >= 0.3 is 0 Å². The number of aromatic nitrogens is 1. The van der Waals surface area contributed by atoms with E-state index in [-0.39, 0.29) is 18.3 Å². The maximum absolute atomic E-state index is 13.4. The first-order valence-corrected chi connectivity index (χ1v) is 11.3. The third kappa shape index (κ3) is 5.72. The molecule has 0 saturated carbocycles. The summed E-state index contributed by atoms with van der Waals surface area (Å²) < 4.78 is 1.13. The van der Waals surface area contributed by atoms with Gasteiger partial charge in [0.05, 0.1) is 10.2 Å². The standard InChI is InChI=1S/C22H27N3OS2.ClH/c1-6-27-18-9-7-8-17(14-18)21(26)25(11-10-24(4)5)22-23-20-16(3)12-15(2)13-19(20)28-22;/h7-9,12-14H,6,10-11H2,1-5H3;1H. The third-order valence-electron chi connectivity index (χ3n) is 4.46. The number of fused-ring (bicyclic) bond motifs is 1. The van der Waals surface area contributed by atoms with E-state index >= 15 is 0 Å². The lowest BCUT2D eigenvalue weighted by atomic mass is 10.1. The van der Waals surface area contributed by atoms with Crippen LogP contribution >= 0.6 is 35.5 Å². The van der Waals surface area contributed by atoms with Crippen molar-refractivity contribution in [1.82, 2.24) is 9.88 Å². The molecule has 0 radical (unpaired) electrons. The van der Waals surface area contributed by atoms with Crippen molar-refractivity contribution < 1.29 is 4.79 Å². The van der Waals surface area contributed by atoms with Gasteiger partial charge in [0.2, 0.25) is 0 Å². The van der Waals surface area contributed by atoms with E-state index in [9.17, 15) is 4.79 Å². The van der Waals surface area contributed by atoms with Crippen molar-refractivity contribution in [1.29, 1.82) is 0 Å². The molecule has 0 spiro atoms. The molecule has 1 heterocycles. The first-order valence-electron chi connectivity index (χ1n) is 9.46. The summed E-state index contributed by atoms with van der Waals surface area (Å²) in [5.41, 5.74) is 4.07. The van der Waals surface area contributed by atoms with Crippen LogP contribution in [0.1, 0.15) is 28.4 Å². The summed E-state index contributed by atoms with van der Waals surface area (Å²) in [6.45, 7) is 7.68. The van der Waals surface area contributed by atoms with Crippen molar-refractivity contribution in [3.8, 4) is 0 Å². The molecule has 0 saturated heterocycles. The van der Waals surface area contributed by atoms with E-state index in [1.165, 1.54) is 5.56 Å². The van der Waals surface area contributed by atoms with E-state index in [1.54, 1.807) is 23.1 Å². The molecule has 2 aromatic carbocycles. The zero-order valence-corrected chi connectivity index (χ0v) is 20.0. The number of anilines is 1. The normalized spacial score (nSPS) is 11.0. The Kier molecular flexibility index (Phi) is 8.52. The largest absolute Gasteiger partial charge is 0.308 e. The van der Waals surface area contributed by atoms with Crippen LogP contribution in [0.15, 0.2) is 41.3 Å². The lowest BCUT2D eigenvalue weighted by Gasteiger charge is -2.22. The number of carbonyl (C=O) groups excluding carboxylic acids is 1. The van der Waals surface area contributed by atoms with Crippen LogP contribution in [0.4, 0.5) is 5.13 Å². The van der Waals surface area contributed by atoms with E-state index in [4.69, 9.17) is 4.98 Å². The van der Waals surface area contributed by atoms with Gasteiger partial charge in [0.25, 0.3) is 5.91 Å². The average molecular weight is 450 g/mol. The Balaban J connectivity index is 0.00000300. The number of hydrogen-bond acceptors (Lipinski definition) is 5. The first-order chi connectivity index (χ1) is 13.4. The highest BCUT2D eigenvalue weighted by atomic mass is 35.5. The SMILES string of the molecule is CCSc1cccc(C(=O)N(CCN(C)C)c2nc3c(C)cc(C)cc3s2)c1.Cl. The van der Waals surface area contributed by atoms with Gasteiger partial charge in [-0.3, -0.25) is 9.69 Å². The Morgan fingerprint density at radius 3 is 2.59 bits per heavy atom. The minimum absolute atomic E-state index is 0. The van der Waals surface area contributed by atoms with E-state index in [0.717, 1.165) is 38.1 Å². The van der Waals surface area contributed by atoms with E-state index < -0.39 is 0 Å². The van der Waals surface area contributed by atoms with Crippen molar-refractivity contribution in [2.24, 2.45) is 0 Å². The van der Waals surface area contributed by atoms with Crippen LogP contribution in [0.25, 0.3) is 10.2 Å². The zero-order valence-electron chi connectivity index (χ0n) is 17.6. The van der Waals surface area contributed by atoms with E-state index in [0.29, 0.717) is 12.1 Å². The number of hydrogen-bond donors (Lipinski definition) is 0. The maximum Gasteiger partial charge on any atom is 0.260 e. The Morgan fingerprint density at radius 2 is 1.90 bits per heavy atom.